The Morgan fingerprint density at radius 1 is 0.788 bits per heavy atom. The predicted molar refractivity (Wildman–Crippen MR) is 133 cm³/mol. The molecule has 33 heavy (non-hydrogen) atoms. The van der Waals surface area contributed by atoms with Gasteiger partial charge >= 0.3 is 0 Å². The van der Waals surface area contributed by atoms with E-state index in [1.165, 1.54) is 5.56 Å². The van der Waals surface area contributed by atoms with Crippen LogP contribution in [0.5, 0.6) is 0 Å². The second kappa shape index (κ2) is 13.9. The molecule has 0 aliphatic heterocycles. The van der Waals surface area contributed by atoms with Crippen LogP contribution in [0.2, 0.25) is 0 Å². The van der Waals surface area contributed by atoms with E-state index in [0.29, 0.717) is 25.1 Å². The molecule has 2 rings (SSSR count). The SMILES string of the molecule is CC(CO)(CCCCCC(=O)CCCCCC(C)(OC=O)c1ccccc1)c1ccccc1. The number of carbonyl (C=O) groups is 2. The van der Waals surface area contributed by atoms with Crippen molar-refractivity contribution in [1.82, 2.24) is 0 Å². The van der Waals surface area contributed by atoms with Crippen LogP contribution in [-0.4, -0.2) is 24.0 Å². The summed E-state index contributed by atoms with van der Waals surface area (Å²) in [5.41, 5.74) is 1.34. The minimum absolute atomic E-state index is 0.136. The maximum absolute atomic E-state index is 12.3. The number of ketones is 1. The molecule has 180 valence electrons. The van der Waals surface area contributed by atoms with Crippen LogP contribution in [0.25, 0.3) is 0 Å². The van der Waals surface area contributed by atoms with Crippen LogP contribution in [0.15, 0.2) is 60.7 Å². The van der Waals surface area contributed by atoms with Crippen LogP contribution in [0.1, 0.15) is 89.2 Å². The Balaban J connectivity index is 1.60. The molecule has 2 aromatic carbocycles. The van der Waals surface area contributed by atoms with Gasteiger partial charge in [-0.1, -0.05) is 86.8 Å². The molecule has 0 aliphatic rings. The van der Waals surface area contributed by atoms with Gasteiger partial charge in [0.05, 0.1) is 6.61 Å². The summed E-state index contributed by atoms with van der Waals surface area (Å²) in [6.07, 6.45) is 8.58. The molecule has 0 aromatic heterocycles. The maximum Gasteiger partial charge on any atom is 0.293 e. The maximum atomic E-state index is 12.3. The van der Waals surface area contributed by atoms with Gasteiger partial charge in [0.1, 0.15) is 11.4 Å². The van der Waals surface area contributed by atoms with E-state index in [1.807, 2.05) is 55.5 Å². The van der Waals surface area contributed by atoms with Crippen molar-refractivity contribution in [2.24, 2.45) is 0 Å². The van der Waals surface area contributed by atoms with E-state index in [1.54, 1.807) is 0 Å². The third kappa shape index (κ3) is 8.77. The van der Waals surface area contributed by atoms with Crippen molar-refractivity contribution in [3.63, 3.8) is 0 Å². The number of unbranched alkanes of at least 4 members (excludes halogenated alkanes) is 4. The van der Waals surface area contributed by atoms with E-state index in [2.05, 4.69) is 19.1 Å². The first-order valence-corrected chi connectivity index (χ1v) is 12.3. The number of benzene rings is 2. The van der Waals surface area contributed by atoms with Crippen molar-refractivity contribution in [1.29, 1.82) is 0 Å². The minimum Gasteiger partial charge on any atom is -0.457 e. The van der Waals surface area contributed by atoms with Crippen LogP contribution in [0.4, 0.5) is 0 Å². The molecule has 0 saturated carbocycles. The standard InChI is InChI=1S/C29H40O4/c1-28(23-30,25-15-7-3-8-16-25)21-13-5-11-19-27(32)20-12-6-14-22-29(2,33-24-31)26-17-9-4-10-18-26/h3-4,7-10,15-18,24,30H,5-6,11-14,19-23H2,1-2H3. The highest BCUT2D eigenvalue weighted by molar-refractivity contribution is 5.78. The summed E-state index contributed by atoms with van der Waals surface area (Å²) in [5, 5.41) is 9.89. The fourth-order valence-electron chi connectivity index (χ4n) is 4.42. The average molecular weight is 453 g/mol. The molecule has 2 unspecified atom stereocenters. The van der Waals surface area contributed by atoms with Crippen molar-refractivity contribution in [2.75, 3.05) is 6.61 Å². The van der Waals surface area contributed by atoms with Gasteiger partial charge in [0, 0.05) is 18.3 Å². The monoisotopic (exact) mass is 452 g/mol. The van der Waals surface area contributed by atoms with Gasteiger partial charge in [-0.05, 0) is 50.2 Å². The Morgan fingerprint density at radius 2 is 1.30 bits per heavy atom. The van der Waals surface area contributed by atoms with Crippen molar-refractivity contribution >= 4 is 12.3 Å². The van der Waals surface area contributed by atoms with Crippen molar-refractivity contribution in [3.05, 3.63) is 71.8 Å². The fraction of sp³-hybridized carbons (Fsp3) is 0.517. The highest BCUT2D eigenvalue weighted by Crippen LogP contribution is 2.31. The molecule has 4 heteroatoms. The van der Waals surface area contributed by atoms with Crippen LogP contribution in [-0.2, 0) is 25.3 Å². The summed E-state index contributed by atoms with van der Waals surface area (Å²) >= 11 is 0. The molecule has 2 aromatic rings. The van der Waals surface area contributed by atoms with Crippen molar-refractivity contribution in [2.45, 2.75) is 89.1 Å². The first-order valence-electron chi connectivity index (χ1n) is 12.3. The molecule has 0 aliphatic carbocycles. The molecule has 1 N–H and O–H groups in total. The van der Waals surface area contributed by atoms with E-state index in [-0.39, 0.29) is 12.0 Å². The van der Waals surface area contributed by atoms with Gasteiger partial charge < -0.3 is 9.84 Å². The van der Waals surface area contributed by atoms with Gasteiger partial charge in [0.15, 0.2) is 0 Å². The second-order valence-corrected chi connectivity index (χ2v) is 9.56. The smallest absolute Gasteiger partial charge is 0.293 e. The van der Waals surface area contributed by atoms with Crippen LogP contribution in [0.3, 0.4) is 0 Å². The van der Waals surface area contributed by atoms with Gasteiger partial charge in [-0.15, -0.1) is 0 Å². The highest BCUT2D eigenvalue weighted by atomic mass is 16.5. The van der Waals surface area contributed by atoms with Crippen LogP contribution < -0.4 is 0 Å². The lowest BCUT2D eigenvalue weighted by atomic mass is 9.79. The summed E-state index contributed by atoms with van der Waals surface area (Å²) in [7, 11) is 0. The third-order valence-electron chi connectivity index (χ3n) is 6.81. The van der Waals surface area contributed by atoms with Gasteiger partial charge in [-0.25, -0.2) is 0 Å². The minimum atomic E-state index is -0.615. The summed E-state index contributed by atoms with van der Waals surface area (Å²) in [6.45, 7) is 4.72. The van der Waals surface area contributed by atoms with E-state index in [9.17, 15) is 14.7 Å². The number of hydrogen-bond donors (Lipinski definition) is 1. The second-order valence-electron chi connectivity index (χ2n) is 9.56. The third-order valence-corrected chi connectivity index (χ3v) is 6.81. The lowest BCUT2D eigenvalue weighted by Crippen LogP contribution is -2.26. The van der Waals surface area contributed by atoms with E-state index in [4.69, 9.17) is 4.74 Å². The Bertz CT molecular complexity index is 820. The number of aliphatic hydroxyl groups is 1. The van der Waals surface area contributed by atoms with E-state index < -0.39 is 5.60 Å². The van der Waals surface area contributed by atoms with Gasteiger partial charge in [0.25, 0.3) is 6.47 Å². The van der Waals surface area contributed by atoms with Crippen molar-refractivity contribution in [3.8, 4) is 0 Å². The van der Waals surface area contributed by atoms with E-state index in [0.717, 1.165) is 56.9 Å². The number of Topliss-reactive ketones (excluding diaryl/α,β-unsaturated/α-hetero) is 1. The Kier molecular flexibility index (Phi) is 11.3. The molecule has 0 radical (unpaired) electrons. The number of aliphatic hydroxyl groups excluding tert-OH is 1. The van der Waals surface area contributed by atoms with Crippen LogP contribution >= 0.6 is 0 Å². The normalized spacial score (nSPS) is 14.8. The van der Waals surface area contributed by atoms with Gasteiger partial charge in [-0.3, -0.25) is 9.59 Å². The van der Waals surface area contributed by atoms with Gasteiger partial charge in [0.2, 0.25) is 0 Å². The average Bonchev–Trinajstić information content (AvgIpc) is 2.84. The zero-order chi connectivity index (χ0) is 24.0. The highest BCUT2D eigenvalue weighted by Gasteiger charge is 2.27. The summed E-state index contributed by atoms with van der Waals surface area (Å²) in [6, 6.07) is 20.0. The Hall–Kier alpha value is -2.46. The molecular weight excluding hydrogens is 412 g/mol. The quantitative estimate of drug-likeness (QED) is 0.220. The molecule has 4 nitrogen and oxygen atoms in total. The summed E-state index contributed by atoms with van der Waals surface area (Å²) in [5.74, 6) is 0.331. The van der Waals surface area contributed by atoms with Gasteiger partial charge in [-0.2, -0.15) is 0 Å². The zero-order valence-electron chi connectivity index (χ0n) is 20.3. The summed E-state index contributed by atoms with van der Waals surface area (Å²) in [4.78, 5) is 23.2. The molecule has 0 spiro atoms. The Labute approximate surface area is 199 Å². The lowest BCUT2D eigenvalue weighted by Gasteiger charge is -2.28. The lowest BCUT2D eigenvalue weighted by molar-refractivity contribution is -0.143. The topological polar surface area (TPSA) is 63.6 Å². The zero-order valence-corrected chi connectivity index (χ0v) is 20.3. The molecule has 0 fully saturated rings. The molecule has 0 bridgehead atoms. The van der Waals surface area contributed by atoms with Crippen LogP contribution in [0, 0.1) is 0 Å². The largest absolute Gasteiger partial charge is 0.457 e. The number of carbonyl (C=O) groups excluding carboxylic acids is 2. The number of hydrogen-bond acceptors (Lipinski definition) is 4. The number of rotatable bonds is 17. The first kappa shape index (κ1) is 26.8. The Morgan fingerprint density at radius 3 is 1.82 bits per heavy atom. The van der Waals surface area contributed by atoms with Crippen molar-refractivity contribution < 1.29 is 19.4 Å². The predicted octanol–water partition coefficient (Wildman–Crippen LogP) is 6.50. The molecule has 2 atom stereocenters. The summed E-state index contributed by atoms with van der Waals surface area (Å²) < 4.78 is 5.42. The molecule has 0 saturated heterocycles. The molecular formula is C29H40O4. The molecule has 0 heterocycles. The molecule has 0 amide bonds. The van der Waals surface area contributed by atoms with E-state index >= 15 is 0 Å². The number of ether oxygens (including phenoxy) is 1. The first-order chi connectivity index (χ1) is 15.9. The fourth-order valence-corrected chi connectivity index (χ4v) is 4.42.